The van der Waals surface area contributed by atoms with Crippen molar-refractivity contribution in [1.82, 2.24) is 4.98 Å². The molecule has 0 aliphatic rings. The van der Waals surface area contributed by atoms with Crippen LogP contribution in [0.2, 0.25) is 5.15 Å². The van der Waals surface area contributed by atoms with E-state index in [1.54, 1.807) is 25.1 Å². The van der Waals surface area contributed by atoms with Gasteiger partial charge in [0, 0.05) is 6.20 Å². The van der Waals surface area contributed by atoms with Gasteiger partial charge in [0.1, 0.15) is 5.15 Å². The maximum Gasteiger partial charge on any atom is 0.262 e. The summed E-state index contributed by atoms with van der Waals surface area (Å²) < 4.78 is 27.1. The molecule has 100 valence electrons. The molecule has 6 heteroatoms. The minimum atomic E-state index is -3.62. The fourth-order valence-corrected chi connectivity index (χ4v) is 3.23. The topological polar surface area (TPSA) is 59.1 Å². The van der Waals surface area contributed by atoms with Gasteiger partial charge >= 0.3 is 0 Å². The predicted molar refractivity (Wildman–Crippen MR) is 76.0 cm³/mol. The van der Waals surface area contributed by atoms with Crippen LogP contribution in [0.5, 0.6) is 0 Å². The number of nitrogens with zero attached hydrogens (tertiary/aromatic N) is 1. The second kappa shape index (κ2) is 5.19. The molecule has 0 aliphatic carbocycles. The smallest absolute Gasteiger partial charge is 0.262 e. The number of anilines is 1. The van der Waals surface area contributed by atoms with Gasteiger partial charge in [0.05, 0.1) is 10.6 Å². The van der Waals surface area contributed by atoms with Crippen LogP contribution in [0.1, 0.15) is 11.1 Å². The normalized spacial score (nSPS) is 11.3. The molecule has 0 radical (unpaired) electrons. The highest BCUT2D eigenvalue weighted by Gasteiger charge is 2.17. The molecule has 0 bridgehead atoms. The number of pyridine rings is 1. The van der Waals surface area contributed by atoms with Gasteiger partial charge in [-0.15, -0.1) is 0 Å². The molecular formula is C13H13ClN2O2S. The zero-order valence-corrected chi connectivity index (χ0v) is 12.1. The SMILES string of the molecule is Cc1ccc(C)c(S(=O)(=O)Nc2ccnc(Cl)c2)c1. The van der Waals surface area contributed by atoms with Crippen molar-refractivity contribution in [2.75, 3.05) is 4.72 Å². The van der Waals surface area contributed by atoms with Crippen molar-refractivity contribution < 1.29 is 8.42 Å². The van der Waals surface area contributed by atoms with Crippen LogP contribution in [0.15, 0.2) is 41.4 Å². The van der Waals surface area contributed by atoms with Crippen molar-refractivity contribution in [3.8, 4) is 0 Å². The summed E-state index contributed by atoms with van der Waals surface area (Å²) in [6.45, 7) is 3.61. The average molecular weight is 297 g/mol. The van der Waals surface area contributed by atoms with E-state index in [0.29, 0.717) is 11.3 Å². The Morgan fingerprint density at radius 2 is 1.89 bits per heavy atom. The van der Waals surface area contributed by atoms with Gasteiger partial charge in [-0.2, -0.15) is 0 Å². The fourth-order valence-electron chi connectivity index (χ4n) is 1.67. The Balaban J connectivity index is 2.40. The molecule has 0 amide bonds. The molecule has 19 heavy (non-hydrogen) atoms. The second-order valence-electron chi connectivity index (χ2n) is 4.24. The minimum Gasteiger partial charge on any atom is -0.279 e. The first-order chi connectivity index (χ1) is 8.88. The summed E-state index contributed by atoms with van der Waals surface area (Å²) in [7, 11) is -3.62. The van der Waals surface area contributed by atoms with Crippen molar-refractivity contribution in [1.29, 1.82) is 0 Å². The molecule has 0 unspecified atom stereocenters. The Labute approximate surface area is 117 Å². The van der Waals surface area contributed by atoms with Gasteiger partial charge in [0.2, 0.25) is 0 Å². The van der Waals surface area contributed by atoms with Gasteiger partial charge in [0.15, 0.2) is 0 Å². The fraction of sp³-hybridized carbons (Fsp3) is 0.154. The van der Waals surface area contributed by atoms with Crippen LogP contribution in [-0.4, -0.2) is 13.4 Å². The lowest BCUT2D eigenvalue weighted by atomic mass is 10.2. The van der Waals surface area contributed by atoms with E-state index in [2.05, 4.69) is 9.71 Å². The van der Waals surface area contributed by atoms with Gasteiger partial charge in [0.25, 0.3) is 10.0 Å². The highest BCUT2D eigenvalue weighted by molar-refractivity contribution is 7.92. The van der Waals surface area contributed by atoms with Gasteiger partial charge in [-0.3, -0.25) is 4.72 Å². The monoisotopic (exact) mass is 296 g/mol. The van der Waals surface area contributed by atoms with Crippen LogP contribution in [-0.2, 0) is 10.0 Å². The first-order valence-electron chi connectivity index (χ1n) is 5.60. The third-order valence-corrected chi connectivity index (χ3v) is 4.34. The molecule has 0 atom stereocenters. The van der Waals surface area contributed by atoms with E-state index in [-0.39, 0.29) is 10.0 Å². The molecule has 1 aromatic heterocycles. The molecule has 0 saturated heterocycles. The zero-order valence-electron chi connectivity index (χ0n) is 10.5. The summed E-state index contributed by atoms with van der Waals surface area (Å²) in [5, 5.41) is 0.237. The zero-order chi connectivity index (χ0) is 14.0. The summed E-state index contributed by atoms with van der Waals surface area (Å²) in [6.07, 6.45) is 1.45. The number of benzene rings is 1. The molecule has 2 aromatic rings. The van der Waals surface area contributed by atoms with E-state index in [1.807, 2.05) is 13.0 Å². The van der Waals surface area contributed by atoms with Crippen LogP contribution in [0.4, 0.5) is 5.69 Å². The van der Waals surface area contributed by atoms with Crippen LogP contribution in [0, 0.1) is 13.8 Å². The van der Waals surface area contributed by atoms with Gasteiger partial charge in [-0.05, 0) is 43.2 Å². The summed E-state index contributed by atoms with van der Waals surface area (Å²) in [4.78, 5) is 4.07. The van der Waals surface area contributed by atoms with E-state index in [1.165, 1.54) is 12.3 Å². The van der Waals surface area contributed by atoms with Crippen LogP contribution < -0.4 is 4.72 Å². The highest BCUT2D eigenvalue weighted by Crippen LogP contribution is 2.21. The van der Waals surface area contributed by atoms with E-state index >= 15 is 0 Å². The molecule has 1 aromatic carbocycles. The van der Waals surface area contributed by atoms with E-state index in [0.717, 1.165) is 5.56 Å². The minimum absolute atomic E-state index is 0.237. The number of hydrogen-bond donors (Lipinski definition) is 1. The van der Waals surface area contributed by atoms with Gasteiger partial charge < -0.3 is 0 Å². The van der Waals surface area contributed by atoms with E-state index in [9.17, 15) is 8.42 Å². The number of aryl methyl sites for hydroxylation is 2. The highest BCUT2D eigenvalue weighted by atomic mass is 35.5. The van der Waals surface area contributed by atoms with Crippen molar-refractivity contribution in [2.24, 2.45) is 0 Å². The van der Waals surface area contributed by atoms with Gasteiger partial charge in [-0.1, -0.05) is 23.7 Å². The Kier molecular flexibility index (Phi) is 3.78. The van der Waals surface area contributed by atoms with Crippen molar-refractivity contribution in [3.05, 3.63) is 52.8 Å². The lowest BCUT2D eigenvalue weighted by Gasteiger charge is -2.11. The molecule has 2 rings (SSSR count). The molecule has 0 aliphatic heterocycles. The Morgan fingerprint density at radius 3 is 2.58 bits per heavy atom. The standard InChI is InChI=1S/C13H13ClN2O2S/c1-9-3-4-10(2)12(7-9)19(17,18)16-11-5-6-15-13(14)8-11/h3-8H,1-2H3,(H,15,16). The first kappa shape index (κ1) is 13.8. The number of nitrogens with one attached hydrogen (secondary N) is 1. The third-order valence-electron chi connectivity index (χ3n) is 2.61. The van der Waals surface area contributed by atoms with Crippen molar-refractivity contribution >= 4 is 27.3 Å². The van der Waals surface area contributed by atoms with Crippen molar-refractivity contribution in [3.63, 3.8) is 0 Å². The molecule has 4 nitrogen and oxygen atoms in total. The molecule has 0 saturated carbocycles. The average Bonchev–Trinajstić information content (AvgIpc) is 2.31. The second-order valence-corrected chi connectivity index (χ2v) is 6.28. The van der Waals surface area contributed by atoms with E-state index in [4.69, 9.17) is 11.6 Å². The van der Waals surface area contributed by atoms with Crippen LogP contribution >= 0.6 is 11.6 Å². The molecule has 0 fully saturated rings. The number of sulfonamides is 1. The predicted octanol–water partition coefficient (Wildman–Crippen LogP) is 3.15. The maximum atomic E-state index is 12.3. The Bertz CT molecular complexity index is 714. The molecular weight excluding hydrogens is 284 g/mol. The quantitative estimate of drug-likeness (QED) is 0.885. The number of rotatable bonds is 3. The summed E-state index contributed by atoms with van der Waals surface area (Å²) in [5.41, 5.74) is 1.97. The first-order valence-corrected chi connectivity index (χ1v) is 7.46. The molecule has 1 heterocycles. The third kappa shape index (κ3) is 3.24. The largest absolute Gasteiger partial charge is 0.279 e. The van der Waals surface area contributed by atoms with Gasteiger partial charge in [-0.25, -0.2) is 13.4 Å². The van der Waals surface area contributed by atoms with Crippen LogP contribution in [0.3, 0.4) is 0 Å². The van der Waals surface area contributed by atoms with Crippen molar-refractivity contribution in [2.45, 2.75) is 18.7 Å². The maximum absolute atomic E-state index is 12.3. The Morgan fingerprint density at radius 1 is 1.16 bits per heavy atom. The summed E-state index contributed by atoms with van der Waals surface area (Å²) in [5.74, 6) is 0. The molecule has 1 N–H and O–H groups in total. The lowest BCUT2D eigenvalue weighted by molar-refractivity contribution is 0.600. The number of halogens is 1. The lowest BCUT2D eigenvalue weighted by Crippen LogP contribution is -2.14. The van der Waals surface area contributed by atoms with Crippen LogP contribution in [0.25, 0.3) is 0 Å². The number of aromatic nitrogens is 1. The summed E-state index contributed by atoms with van der Waals surface area (Å²) in [6, 6.07) is 8.31. The summed E-state index contributed by atoms with van der Waals surface area (Å²) >= 11 is 5.73. The van der Waals surface area contributed by atoms with E-state index < -0.39 is 10.0 Å². The molecule has 0 spiro atoms. The Hall–Kier alpha value is -1.59. The number of hydrogen-bond acceptors (Lipinski definition) is 3.